The van der Waals surface area contributed by atoms with Crippen LogP contribution in [-0.4, -0.2) is 5.54 Å². The van der Waals surface area contributed by atoms with Crippen molar-refractivity contribution in [2.45, 2.75) is 54.0 Å². The lowest BCUT2D eigenvalue weighted by molar-refractivity contribution is 0.0514. The van der Waals surface area contributed by atoms with Crippen molar-refractivity contribution in [2.24, 2.45) is 16.0 Å². The van der Waals surface area contributed by atoms with E-state index in [4.69, 9.17) is 0 Å². The monoisotopic (exact) mass is 171 g/mol. The van der Waals surface area contributed by atoms with Crippen LogP contribution in [0.4, 0.5) is 0 Å². The van der Waals surface area contributed by atoms with Crippen molar-refractivity contribution >= 4 is 0 Å². The second-order valence-electron chi connectivity index (χ2n) is 5.53. The van der Waals surface area contributed by atoms with Gasteiger partial charge in [0.05, 0.1) is 0 Å². The highest BCUT2D eigenvalue weighted by Crippen LogP contribution is 2.47. The van der Waals surface area contributed by atoms with Gasteiger partial charge in [-0.25, -0.2) is 0 Å². The van der Waals surface area contributed by atoms with Crippen LogP contribution in [0, 0.1) is 15.7 Å². The maximum absolute atomic E-state index is 10.7. The molecule has 0 aromatic heterocycles. The molecule has 0 saturated heterocycles. The number of hydrogen-bond donors (Lipinski definition) is 0. The normalized spacial score (nSPS) is 14.6. The van der Waals surface area contributed by atoms with Gasteiger partial charge in [-0.1, -0.05) is 39.8 Å². The van der Waals surface area contributed by atoms with Crippen LogP contribution in [0.25, 0.3) is 0 Å². The highest BCUT2D eigenvalue weighted by Gasteiger charge is 2.46. The average Bonchev–Trinajstić information content (AvgIpc) is 1.85. The lowest BCUT2D eigenvalue weighted by Gasteiger charge is -2.46. The van der Waals surface area contributed by atoms with Crippen LogP contribution in [-0.2, 0) is 0 Å². The van der Waals surface area contributed by atoms with Gasteiger partial charge in [0.2, 0.25) is 0 Å². The molecular formula is C10H21NO. The third kappa shape index (κ3) is 1.67. The van der Waals surface area contributed by atoms with Gasteiger partial charge in [0.25, 0.3) is 0 Å². The molecule has 2 heteroatoms. The van der Waals surface area contributed by atoms with Crippen LogP contribution in [0.3, 0.4) is 0 Å². The van der Waals surface area contributed by atoms with Gasteiger partial charge in [0.15, 0.2) is 0 Å². The predicted octanol–water partition coefficient (Wildman–Crippen LogP) is 3.60. The molecule has 0 heterocycles. The minimum absolute atomic E-state index is 0.0877. The van der Waals surface area contributed by atoms with Gasteiger partial charge in [0, 0.05) is 0 Å². The Balaban J connectivity index is 4.97. The van der Waals surface area contributed by atoms with E-state index in [1.807, 2.05) is 13.8 Å². The predicted molar refractivity (Wildman–Crippen MR) is 53.1 cm³/mol. The van der Waals surface area contributed by atoms with Crippen molar-refractivity contribution < 1.29 is 0 Å². The summed E-state index contributed by atoms with van der Waals surface area (Å²) in [5.41, 5.74) is -0.516. The van der Waals surface area contributed by atoms with E-state index >= 15 is 0 Å². The summed E-state index contributed by atoms with van der Waals surface area (Å²) < 4.78 is 0. The molecule has 2 nitrogen and oxygen atoms in total. The van der Waals surface area contributed by atoms with Crippen LogP contribution >= 0.6 is 0 Å². The van der Waals surface area contributed by atoms with E-state index in [1.165, 1.54) is 0 Å². The zero-order chi connectivity index (χ0) is 10.2. The lowest BCUT2D eigenvalue weighted by atomic mass is 9.60. The molecule has 0 aliphatic carbocycles. The van der Waals surface area contributed by atoms with E-state index < -0.39 is 5.54 Å². The first-order valence-corrected chi connectivity index (χ1v) is 4.41. The molecule has 0 rings (SSSR count). The van der Waals surface area contributed by atoms with Crippen molar-refractivity contribution in [3.8, 4) is 0 Å². The van der Waals surface area contributed by atoms with Crippen LogP contribution in [0.1, 0.15) is 48.5 Å². The fourth-order valence-corrected chi connectivity index (χ4v) is 1.03. The molecule has 0 amide bonds. The minimum Gasteiger partial charge on any atom is -0.150 e. The molecule has 0 aromatic carbocycles. The second-order valence-corrected chi connectivity index (χ2v) is 5.53. The minimum atomic E-state index is -0.509. The van der Waals surface area contributed by atoms with Crippen LogP contribution < -0.4 is 0 Å². The van der Waals surface area contributed by atoms with Gasteiger partial charge in [-0.2, -0.15) is 4.91 Å². The molecular weight excluding hydrogens is 150 g/mol. The first-order valence-electron chi connectivity index (χ1n) is 4.41. The molecule has 0 unspecified atom stereocenters. The summed E-state index contributed by atoms with van der Waals surface area (Å²) in [5.74, 6) is 0. The third-order valence-corrected chi connectivity index (χ3v) is 3.63. The summed E-state index contributed by atoms with van der Waals surface area (Å²) in [4.78, 5) is 10.7. The van der Waals surface area contributed by atoms with Gasteiger partial charge in [-0.3, -0.25) is 0 Å². The summed E-state index contributed by atoms with van der Waals surface area (Å²) in [6, 6.07) is 0. The van der Waals surface area contributed by atoms with Gasteiger partial charge < -0.3 is 0 Å². The maximum atomic E-state index is 10.7. The van der Waals surface area contributed by atoms with E-state index in [9.17, 15) is 4.91 Å². The first kappa shape index (κ1) is 11.6. The molecule has 0 radical (unpaired) electrons. The molecule has 0 fully saturated rings. The highest BCUT2D eigenvalue weighted by molar-refractivity contribution is 4.99. The molecule has 72 valence electrons. The highest BCUT2D eigenvalue weighted by atomic mass is 16.3. The van der Waals surface area contributed by atoms with E-state index in [0.29, 0.717) is 0 Å². The standard InChI is InChI=1S/C10H21NO/c1-8(2,3)9(4,5)10(6,7)11-12/h1-7H3. The molecule has 0 aromatic rings. The van der Waals surface area contributed by atoms with Gasteiger partial charge >= 0.3 is 0 Å². The van der Waals surface area contributed by atoms with Crippen molar-refractivity contribution in [3.05, 3.63) is 4.91 Å². The van der Waals surface area contributed by atoms with Crippen LogP contribution in [0.15, 0.2) is 5.18 Å². The van der Waals surface area contributed by atoms with Crippen molar-refractivity contribution in [1.29, 1.82) is 0 Å². The smallest absolute Gasteiger partial charge is 0.103 e. The van der Waals surface area contributed by atoms with Gasteiger partial charge in [-0.15, -0.1) is 0 Å². The summed E-state index contributed by atoms with van der Waals surface area (Å²) in [5, 5.41) is 3.21. The third-order valence-electron chi connectivity index (χ3n) is 3.63. The zero-order valence-electron chi connectivity index (χ0n) is 9.36. The lowest BCUT2D eigenvalue weighted by Crippen LogP contribution is -2.46. The van der Waals surface area contributed by atoms with E-state index in [-0.39, 0.29) is 10.8 Å². The van der Waals surface area contributed by atoms with E-state index in [0.717, 1.165) is 0 Å². The van der Waals surface area contributed by atoms with E-state index in [1.54, 1.807) is 0 Å². The topological polar surface area (TPSA) is 29.4 Å². The number of nitrogens with zero attached hydrogens (tertiary/aromatic N) is 1. The van der Waals surface area contributed by atoms with Crippen molar-refractivity contribution in [3.63, 3.8) is 0 Å². The molecule has 0 saturated carbocycles. The molecule has 0 atom stereocenters. The number of nitroso groups, excluding NO2 is 1. The maximum Gasteiger partial charge on any atom is 0.103 e. The number of hydrogen-bond acceptors (Lipinski definition) is 2. The molecule has 0 aliphatic heterocycles. The fraction of sp³-hybridized carbons (Fsp3) is 1.00. The Morgan fingerprint density at radius 1 is 0.833 bits per heavy atom. The van der Waals surface area contributed by atoms with Crippen LogP contribution in [0.2, 0.25) is 0 Å². The first-order chi connectivity index (χ1) is 5.06. The Hall–Kier alpha value is -0.400. The Morgan fingerprint density at radius 2 is 1.17 bits per heavy atom. The van der Waals surface area contributed by atoms with Crippen LogP contribution in [0.5, 0.6) is 0 Å². The zero-order valence-corrected chi connectivity index (χ0v) is 9.36. The van der Waals surface area contributed by atoms with Gasteiger partial charge in [-0.05, 0) is 24.7 Å². The average molecular weight is 171 g/mol. The largest absolute Gasteiger partial charge is 0.150 e. The molecule has 12 heavy (non-hydrogen) atoms. The quantitative estimate of drug-likeness (QED) is 0.584. The summed E-state index contributed by atoms with van der Waals surface area (Å²) in [6.45, 7) is 14.4. The fourth-order valence-electron chi connectivity index (χ4n) is 1.03. The van der Waals surface area contributed by atoms with Crippen molar-refractivity contribution in [2.75, 3.05) is 0 Å². The van der Waals surface area contributed by atoms with E-state index in [2.05, 4.69) is 39.8 Å². The summed E-state index contributed by atoms with van der Waals surface area (Å²) in [6.07, 6.45) is 0. The molecule has 0 N–H and O–H groups in total. The Kier molecular flexibility index (Phi) is 2.73. The number of rotatable bonds is 2. The van der Waals surface area contributed by atoms with Gasteiger partial charge in [0.1, 0.15) is 5.54 Å². The Morgan fingerprint density at radius 3 is 1.25 bits per heavy atom. The van der Waals surface area contributed by atoms with Crippen molar-refractivity contribution in [1.82, 2.24) is 0 Å². The Bertz CT molecular complexity index is 175. The molecule has 0 aliphatic rings. The SMILES string of the molecule is CC(C)(C)C(C)(C)C(C)(C)N=O. The summed E-state index contributed by atoms with van der Waals surface area (Å²) in [7, 11) is 0. The molecule has 0 bridgehead atoms. The Labute approximate surface area is 75.7 Å². The second kappa shape index (κ2) is 2.82. The molecule has 0 spiro atoms. The summed E-state index contributed by atoms with van der Waals surface area (Å²) >= 11 is 0.